The summed E-state index contributed by atoms with van der Waals surface area (Å²) in [5, 5.41) is 5.74. The van der Waals surface area contributed by atoms with E-state index in [4.69, 9.17) is 12.2 Å². The fraction of sp³-hybridized carbons (Fsp3) is 0.150. The van der Waals surface area contributed by atoms with Crippen LogP contribution in [0.15, 0.2) is 60.7 Å². The van der Waals surface area contributed by atoms with Crippen LogP contribution in [-0.4, -0.2) is 23.5 Å². The molecule has 0 aliphatic rings. The lowest BCUT2D eigenvalue weighted by Crippen LogP contribution is -2.47. The molecular formula is C20H21FN4O2S. The van der Waals surface area contributed by atoms with E-state index in [0.29, 0.717) is 6.54 Å². The Morgan fingerprint density at radius 3 is 2.39 bits per heavy atom. The van der Waals surface area contributed by atoms with E-state index in [1.165, 1.54) is 18.2 Å². The summed E-state index contributed by atoms with van der Waals surface area (Å²) in [5.41, 5.74) is 6.77. The molecule has 28 heavy (non-hydrogen) atoms. The van der Waals surface area contributed by atoms with Crippen LogP contribution >= 0.6 is 12.2 Å². The maximum Gasteiger partial charge on any atom is 0.244 e. The van der Waals surface area contributed by atoms with Crippen LogP contribution in [0.4, 0.5) is 4.39 Å². The number of thiocarbonyl (C=S) groups is 1. The average molecular weight is 400 g/mol. The number of rotatable bonds is 7. The smallest absolute Gasteiger partial charge is 0.244 e. The monoisotopic (exact) mass is 400 g/mol. The van der Waals surface area contributed by atoms with Gasteiger partial charge >= 0.3 is 0 Å². The van der Waals surface area contributed by atoms with Gasteiger partial charge in [-0.1, -0.05) is 42.5 Å². The Balaban J connectivity index is 1.57. The molecule has 0 unspecified atom stereocenters. The van der Waals surface area contributed by atoms with E-state index in [2.05, 4.69) is 21.5 Å². The normalized spacial score (nSPS) is 10.3. The average Bonchev–Trinajstić information content (AvgIpc) is 2.71. The second kappa shape index (κ2) is 11.5. The number of hydrogen-bond acceptors (Lipinski definition) is 3. The molecule has 0 heterocycles. The topological polar surface area (TPSA) is 82.3 Å². The summed E-state index contributed by atoms with van der Waals surface area (Å²) in [5.74, 6) is -0.904. The zero-order valence-electron chi connectivity index (χ0n) is 15.1. The molecule has 2 rings (SSSR count). The molecule has 2 aromatic rings. The van der Waals surface area contributed by atoms with Crippen molar-refractivity contribution in [1.82, 2.24) is 21.5 Å². The number of hydrazine groups is 1. The molecule has 0 bridgehead atoms. The minimum atomic E-state index is -0.321. The van der Waals surface area contributed by atoms with Crippen LogP contribution in [0.3, 0.4) is 0 Å². The van der Waals surface area contributed by atoms with Gasteiger partial charge in [-0.15, -0.1) is 0 Å². The van der Waals surface area contributed by atoms with E-state index in [-0.39, 0.29) is 35.7 Å². The highest BCUT2D eigenvalue weighted by Crippen LogP contribution is 2.02. The first kappa shape index (κ1) is 21.0. The van der Waals surface area contributed by atoms with Gasteiger partial charge in [0.1, 0.15) is 5.82 Å². The van der Waals surface area contributed by atoms with Crippen molar-refractivity contribution in [2.24, 2.45) is 0 Å². The van der Waals surface area contributed by atoms with E-state index in [9.17, 15) is 14.0 Å². The van der Waals surface area contributed by atoms with Gasteiger partial charge in [0.15, 0.2) is 5.11 Å². The van der Waals surface area contributed by atoms with Crippen LogP contribution in [-0.2, 0) is 16.1 Å². The second-order valence-electron chi connectivity index (χ2n) is 5.77. The molecule has 0 radical (unpaired) electrons. The van der Waals surface area contributed by atoms with Crippen LogP contribution < -0.4 is 21.5 Å². The van der Waals surface area contributed by atoms with Crippen molar-refractivity contribution < 1.29 is 14.0 Å². The molecule has 0 aromatic heterocycles. The van der Waals surface area contributed by atoms with Gasteiger partial charge in [0.25, 0.3) is 0 Å². The first-order valence-corrected chi connectivity index (χ1v) is 9.02. The van der Waals surface area contributed by atoms with Crippen molar-refractivity contribution in [3.05, 3.63) is 77.6 Å². The van der Waals surface area contributed by atoms with Crippen LogP contribution in [0.25, 0.3) is 6.08 Å². The fourth-order valence-corrected chi connectivity index (χ4v) is 2.24. The highest BCUT2D eigenvalue weighted by atomic mass is 32.1. The lowest BCUT2D eigenvalue weighted by Gasteiger charge is -2.11. The third-order valence-electron chi connectivity index (χ3n) is 3.56. The Hall–Kier alpha value is -3.26. The number of hydrogen-bond donors (Lipinski definition) is 4. The number of nitrogens with one attached hydrogen (secondary N) is 4. The molecule has 2 amide bonds. The largest absolute Gasteiger partial charge is 0.357 e. The van der Waals surface area contributed by atoms with E-state index in [1.54, 1.807) is 18.2 Å². The molecule has 8 heteroatoms. The number of carbonyl (C=O) groups excluding carboxylic acids is 2. The third-order valence-corrected chi connectivity index (χ3v) is 3.81. The summed E-state index contributed by atoms with van der Waals surface area (Å²) >= 11 is 5.04. The predicted octanol–water partition coefficient (Wildman–Crippen LogP) is 2.04. The summed E-state index contributed by atoms with van der Waals surface area (Å²) in [7, 11) is 0. The van der Waals surface area contributed by atoms with Crippen molar-refractivity contribution >= 4 is 35.2 Å². The molecule has 0 atom stereocenters. The van der Waals surface area contributed by atoms with Gasteiger partial charge in [0.2, 0.25) is 11.8 Å². The van der Waals surface area contributed by atoms with Crippen molar-refractivity contribution in [3.63, 3.8) is 0 Å². The van der Waals surface area contributed by atoms with E-state index < -0.39 is 0 Å². The molecule has 0 aliphatic heterocycles. The summed E-state index contributed by atoms with van der Waals surface area (Å²) in [6.07, 6.45) is 3.21. The summed E-state index contributed by atoms with van der Waals surface area (Å²) in [4.78, 5) is 23.5. The Labute approximate surface area is 168 Å². The Bertz CT molecular complexity index is 826. The molecule has 0 saturated carbocycles. The number of amides is 2. The number of carbonyl (C=O) groups is 2. The Morgan fingerprint density at radius 1 is 0.964 bits per heavy atom. The van der Waals surface area contributed by atoms with Gasteiger partial charge < -0.3 is 10.6 Å². The lowest BCUT2D eigenvalue weighted by atomic mass is 10.2. The van der Waals surface area contributed by atoms with Crippen molar-refractivity contribution in [2.45, 2.75) is 13.0 Å². The van der Waals surface area contributed by atoms with Crippen molar-refractivity contribution in [3.8, 4) is 0 Å². The zero-order chi connectivity index (χ0) is 20.2. The number of halogens is 1. The Morgan fingerprint density at radius 2 is 1.68 bits per heavy atom. The minimum Gasteiger partial charge on any atom is -0.357 e. The van der Waals surface area contributed by atoms with Crippen LogP contribution in [0, 0.1) is 5.82 Å². The van der Waals surface area contributed by atoms with Gasteiger partial charge in [-0.2, -0.15) is 0 Å². The third kappa shape index (κ3) is 8.41. The molecule has 6 nitrogen and oxygen atoms in total. The summed E-state index contributed by atoms with van der Waals surface area (Å²) in [6, 6.07) is 15.4. The molecule has 0 spiro atoms. The van der Waals surface area contributed by atoms with E-state index in [1.807, 2.05) is 30.3 Å². The zero-order valence-corrected chi connectivity index (χ0v) is 15.9. The highest BCUT2D eigenvalue weighted by molar-refractivity contribution is 7.80. The van der Waals surface area contributed by atoms with Crippen LogP contribution in [0.2, 0.25) is 0 Å². The van der Waals surface area contributed by atoms with E-state index >= 15 is 0 Å². The van der Waals surface area contributed by atoms with E-state index in [0.717, 1.165) is 11.1 Å². The quantitative estimate of drug-likeness (QED) is 0.325. The summed E-state index contributed by atoms with van der Waals surface area (Å²) < 4.78 is 12.8. The maximum absolute atomic E-state index is 12.8. The molecule has 0 aliphatic carbocycles. The molecular weight excluding hydrogens is 379 g/mol. The van der Waals surface area contributed by atoms with Gasteiger partial charge in [-0.05, 0) is 41.6 Å². The minimum absolute atomic E-state index is 0.0957. The van der Waals surface area contributed by atoms with Crippen molar-refractivity contribution in [1.29, 1.82) is 0 Å². The molecule has 0 saturated heterocycles. The highest BCUT2D eigenvalue weighted by Gasteiger charge is 2.03. The van der Waals surface area contributed by atoms with Gasteiger partial charge in [-0.3, -0.25) is 20.4 Å². The Kier molecular flexibility index (Phi) is 8.61. The maximum atomic E-state index is 12.8. The van der Waals surface area contributed by atoms with Crippen LogP contribution in [0.1, 0.15) is 17.5 Å². The second-order valence-corrected chi connectivity index (χ2v) is 6.18. The molecule has 4 N–H and O–H groups in total. The lowest BCUT2D eigenvalue weighted by molar-refractivity contribution is -0.121. The first-order chi connectivity index (χ1) is 13.5. The molecule has 0 fully saturated rings. The summed E-state index contributed by atoms with van der Waals surface area (Å²) in [6.45, 7) is 0.590. The SMILES string of the molecule is O=C(C=Cc1ccccc1)NCCC(=O)NNC(=S)NCc1ccc(F)cc1. The molecule has 2 aromatic carbocycles. The molecule has 146 valence electrons. The fourth-order valence-electron chi connectivity index (χ4n) is 2.11. The number of benzene rings is 2. The first-order valence-electron chi connectivity index (χ1n) is 8.61. The predicted molar refractivity (Wildman–Crippen MR) is 110 cm³/mol. The van der Waals surface area contributed by atoms with Gasteiger partial charge in [-0.25, -0.2) is 4.39 Å². The van der Waals surface area contributed by atoms with Gasteiger partial charge in [0, 0.05) is 25.6 Å². The van der Waals surface area contributed by atoms with Gasteiger partial charge in [0.05, 0.1) is 0 Å². The van der Waals surface area contributed by atoms with Crippen LogP contribution in [0.5, 0.6) is 0 Å². The van der Waals surface area contributed by atoms with Crippen molar-refractivity contribution in [2.75, 3.05) is 6.54 Å². The standard InChI is InChI=1S/C20H21FN4O2S/c21-17-9-6-16(7-10-17)14-23-20(28)25-24-19(27)12-13-22-18(26)11-8-15-4-2-1-3-5-15/h1-11H,12-14H2,(H,22,26)(H,24,27)(H2,23,25,28).